The Hall–Kier alpha value is -6.23. The Bertz CT molecular complexity index is 2340. The molecular weight excluding hydrogens is 753 g/mol. The minimum Gasteiger partial charge on any atom is -0.494 e. The van der Waals surface area contributed by atoms with Gasteiger partial charge >= 0.3 is 5.97 Å². The molecule has 11 nitrogen and oxygen atoms in total. The highest BCUT2D eigenvalue weighted by molar-refractivity contribution is 5.90. The van der Waals surface area contributed by atoms with E-state index in [1.807, 2.05) is 65.6 Å². The number of hydrogen-bond donors (Lipinski definition) is 0. The largest absolute Gasteiger partial charge is 0.494 e. The lowest BCUT2D eigenvalue weighted by atomic mass is 9.80. The highest BCUT2D eigenvalue weighted by Crippen LogP contribution is 2.32. The number of nitrogens with zero attached hydrogens (tertiary/aromatic N) is 6. The van der Waals surface area contributed by atoms with Gasteiger partial charge in [0.05, 0.1) is 56.3 Å². The Morgan fingerprint density at radius 3 is 1.75 bits per heavy atom. The second kappa shape index (κ2) is 19.7. The molecular formula is C49H58N6O5. The number of carbonyl (C=O) groups excluding carboxylic acids is 1. The van der Waals surface area contributed by atoms with Crippen LogP contribution in [0.5, 0.6) is 17.2 Å². The van der Waals surface area contributed by atoms with Gasteiger partial charge in [0.25, 0.3) is 0 Å². The molecule has 60 heavy (non-hydrogen) atoms. The standard InChI is InChI=1S/C49H58N6O5/c1-9-10-22-59-42-26-36(47(56)57-8)27-43(32-42)60-24-16-12-15-23-58-41-21-17-20-39(31-41)54-33-45(50-52-54)44(25-35-18-13-11-14-19-35)46-34-55(53-51-46)40-29-37(48(2,3)4)28-38(30-40)49(5,6)7/h11,13-14,17-21,25-34H,9-10,12,15-16,22-24H2,1-8H3/b44-25-. The van der Waals surface area contributed by atoms with E-state index >= 15 is 0 Å². The summed E-state index contributed by atoms with van der Waals surface area (Å²) in [5.74, 6) is 1.50. The number of unbranched alkanes of at least 4 members (excludes halogenated alkanes) is 3. The van der Waals surface area contributed by atoms with Gasteiger partial charge in [-0.05, 0) is 95.7 Å². The summed E-state index contributed by atoms with van der Waals surface area (Å²) < 4.78 is 26.5. The fourth-order valence-electron chi connectivity index (χ4n) is 6.42. The molecule has 0 atom stereocenters. The summed E-state index contributed by atoms with van der Waals surface area (Å²) in [7, 11) is 1.36. The Morgan fingerprint density at radius 2 is 1.18 bits per heavy atom. The summed E-state index contributed by atoms with van der Waals surface area (Å²) in [6.07, 6.45) is 10.5. The van der Waals surface area contributed by atoms with Crippen LogP contribution in [0.15, 0.2) is 103 Å². The molecule has 0 aliphatic carbocycles. The molecule has 6 rings (SSSR count). The molecule has 0 saturated carbocycles. The van der Waals surface area contributed by atoms with E-state index in [1.165, 1.54) is 18.2 Å². The lowest BCUT2D eigenvalue weighted by Crippen LogP contribution is -2.17. The fraction of sp³-hybridized carbons (Fsp3) is 0.367. The van der Waals surface area contributed by atoms with E-state index in [-0.39, 0.29) is 10.8 Å². The summed E-state index contributed by atoms with van der Waals surface area (Å²) in [5, 5.41) is 18.4. The third kappa shape index (κ3) is 11.7. The molecule has 0 aliphatic rings. The normalized spacial score (nSPS) is 12.0. The summed E-state index contributed by atoms with van der Waals surface area (Å²) in [6.45, 7) is 17.1. The first kappa shape index (κ1) is 43.4. The van der Waals surface area contributed by atoms with Crippen LogP contribution in [0.25, 0.3) is 23.0 Å². The second-order valence-corrected chi connectivity index (χ2v) is 17.0. The molecule has 0 N–H and O–H groups in total. The summed E-state index contributed by atoms with van der Waals surface area (Å²) in [4.78, 5) is 12.2. The quantitative estimate of drug-likeness (QED) is 0.0618. The topological polar surface area (TPSA) is 115 Å². The number of aromatic nitrogens is 6. The van der Waals surface area contributed by atoms with Crippen molar-refractivity contribution in [3.63, 3.8) is 0 Å². The van der Waals surface area contributed by atoms with Crippen molar-refractivity contribution in [2.24, 2.45) is 0 Å². The van der Waals surface area contributed by atoms with Crippen LogP contribution in [0.3, 0.4) is 0 Å². The van der Waals surface area contributed by atoms with Crippen molar-refractivity contribution < 1.29 is 23.7 Å². The molecule has 4 aromatic carbocycles. The van der Waals surface area contributed by atoms with Crippen LogP contribution in [-0.4, -0.2) is 62.9 Å². The smallest absolute Gasteiger partial charge is 0.338 e. The lowest BCUT2D eigenvalue weighted by molar-refractivity contribution is 0.0599. The maximum absolute atomic E-state index is 12.2. The van der Waals surface area contributed by atoms with Gasteiger partial charge in [0.15, 0.2) is 0 Å². The van der Waals surface area contributed by atoms with E-state index in [0.717, 1.165) is 60.4 Å². The zero-order chi connectivity index (χ0) is 42.7. The Labute approximate surface area is 354 Å². The first-order chi connectivity index (χ1) is 28.8. The highest BCUT2D eigenvalue weighted by atomic mass is 16.5. The number of rotatable bonds is 18. The zero-order valence-corrected chi connectivity index (χ0v) is 36.3. The van der Waals surface area contributed by atoms with Crippen molar-refractivity contribution in [2.45, 2.75) is 91.4 Å². The second-order valence-electron chi connectivity index (χ2n) is 17.0. The maximum Gasteiger partial charge on any atom is 0.338 e. The SMILES string of the molecule is CCCCOc1cc(OCCCCCOc2cccc(-n3cc(/C(=C/c4ccccc4)c4cn(-c5cc(C(C)(C)C)cc(C(C)(C)C)c5)nn4)nn3)c2)cc(C(=O)OC)c1. The van der Waals surface area contributed by atoms with Gasteiger partial charge in [-0.3, -0.25) is 0 Å². The Morgan fingerprint density at radius 1 is 0.617 bits per heavy atom. The Balaban J connectivity index is 1.11. The number of carbonyl (C=O) groups is 1. The molecule has 0 spiro atoms. The minimum absolute atomic E-state index is 0.0351. The average Bonchev–Trinajstić information content (AvgIpc) is 3.94. The van der Waals surface area contributed by atoms with Gasteiger partial charge in [0, 0.05) is 17.7 Å². The number of esters is 1. The highest BCUT2D eigenvalue weighted by Gasteiger charge is 2.22. The van der Waals surface area contributed by atoms with E-state index in [1.54, 1.807) is 16.8 Å². The summed E-state index contributed by atoms with van der Waals surface area (Å²) >= 11 is 0. The molecule has 0 radical (unpaired) electrons. The predicted octanol–water partition coefficient (Wildman–Crippen LogP) is 10.6. The molecule has 6 aromatic rings. The molecule has 2 heterocycles. The van der Waals surface area contributed by atoms with Crippen molar-refractivity contribution >= 4 is 17.6 Å². The van der Waals surface area contributed by atoms with Gasteiger partial charge < -0.3 is 18.9 Å². The van der Waals surface area contributed by atoms with E-state index < -0.39 is 5.97 Å². The predicted molar refractivity (Wildman–Crippen MR) is 237 cm³/mol. The third-order valence-electron chi connectivity index (χ3n) is 10.0. The molecule has 2 aromatic heterocycles. The molecule has 314 valence electrons. The van der Waals surface area contributed by atoms with Gasteiger partial charge in [-0.1, -0.05) is 108 Å². The Kier molecular flexibility index (Phi) is 14.2. The lowest BCUT2D eigenvalue weighted by Gasteiger charge is -2.26. The number of benzene rings is 4. The molecule has 0 fully saturated rings. The van der Waals surface area contributed by atoms with E-state index in [0.29, 0.717) is 48.3 Å². The fourth-order valence-corrected chi connectivity index (χ4v) is 6.42. The average molecular weight is 811 g/mol. The van der Waals surface area contributed by atoms with E-state index in [4.69, 9.17) is 18.9 Å². The summed E-state index contributed by atoms with van der Waals surface area (Å²) in [5.41, 5.74) is 7.76. The summed E-state index contributed by atoms with van der Waals surface area (Å²) in [6, 6.07) is 29.8. The van der Waals surface area contributed by atoms with Crippen LogP contribution in [0.2, 0.25) is 0 Å². The van der Waals surface area contributed by atoms with Crippen LogP contribution in [0.1, 0.15) is 119 Å². The molecule has 0 aliphatic heterocycles. The van der Waals surface area contributed by atoms with E-state index in [2.05, 4.69) is 105 Å². The van der Waals surface area contributed by atoms with Crippen molar-refractivity contribution in [3.05, 3.63) is 137 Å². The van der Waals surface area contributed by atoms with Crippen LogP contribution in [0, 0.1) is 0 Å². The molecule has 11 heteroatoms. The monoisotopic (exact) mass is 810 g/mol. The van der Waals surface area contributed by atoms with E-state index in [9.17, 15) is 4.79 Å². The van der Waals surface area contributed by atoms with Gasteiger partial charge in [0.2, 0.25) is 0 Å². The first-order valence-electron chi connectivity index (χ1n) is 20.8. The van der Waals surface area contributed by atoms with Crippen LogP contribution in [-0.2, 0) is 15.6 Å². The van der Waals surface area contributed by atoms with Crippen molar-refractivity contribution in [2.75, 3.05) is 26.9 Å². The van der Waals surface area contributed by atoms with Crippen molar-refractivity contribution in [1.29, 1.82) is 0 Å². The number of methoxy groups -OCH3 is 1. The van der Waals surface area contributed by atoms with Gasteiger partial charge in [0.1, 0.15) is 28.6 Å². The number of ether oxygens (including phenoxy) is 4. The third-order valence-corrected chi connectivity index (χ3v) is 10.0. The van der Waals surface area contributed by atoms with Gasteiger partial charge in [-0.15, -0.1) is 10.2 Å². The van der Waals surface area contributed by atoms with Gasteiger partial charge in [-0.2, -0.15) is 0 Å². The molecule has 0 amide bonds. The van der Waals surface area contributed by atoms with Crippen molar-refractivity contribution in [3.8, 4) is 28.6 Å². The maximum atomic E-state index is 12.2. The van der Waals surface area contributed by atoms with Crippen LogP contribution in [0.4, 0.5) is 0 Å². The van der Waals surface area contributed by atoms with Crippen LogP contribution >= 0.6 is 0 Å². The zero-order valence-electron chi connectivity index (χ0n) is 36.3. The van der Waals surface area contributed by atoms with Gasteiger partial charge in [-0.25, -0.2) is 14.2 Å². The number of hydrogen-bond acceptors (Lipinski definition) is 9. The molecule has 0 unspecified atom stereocenters. The minimum atomic E-state index is -0.426. The van der Waals surface area contributed by atoms with Crippen LogP contribution < -0.4 is 14.2 Å². The molecule has 0 saturated heterocycles. The first-order valence-corrected chi connectivity index (χ1v) is 20.8. The molecule has 0 bridgehead atoms. The van der Waals surface area contributed by atoms with Crippen molar-refractivity contribution in [1.82, 2.24) is 30.0 Å².